The van der Waals surface area contributed by atoms with E-state index < -0.39 is 11.6 Å². The third kappa shape index (κ3) is 4.00. The summed E-state index contributed by atoms with van der Waals surface area (Å²) in [5.41, 5.74) is 1.10. The molecular weight excluding hydrogens is 316 g/mol. The molecular formula is C19H26N4O2. The Bertz CT molecular complexity index is 764. The van der Waals surface area contributed by atoms with E-state index in [0.29, 0.717) is 5.69 Å². The van der Waals surface area contributed by atoms with Crippen LogP contribution in [0.5, 0.6) is 0 Å². The molecule has 2 aromatic heterocycles. The molecule has 0 spiro atoms. The van der Waals surface area contributed by atoms with Crippen LogP contribution in [0.25, 0.3) is 10.9 Å². The second kappa shape index (κ2) is 6.86. The predicted octanol–water partition coefficient (Wildman–Crippen LogP) is 3.90. The fraction of sp³-hybridized carbons (Fsp3) is 0.526. The van der Waals surface area contributed by atoms with Crippen LogP contribution >= 0.6 is 0 Å². The van der Waals surface area contributed by atoms with Crippen molar-refractivity contribution in [3.63, 3.8) is 0 Å². The van der Waals surface area contributed by atoms with Crippen LogP contribution in [0.4, 0.5) is 10.6 Å². The molecule has 0 saturated carbocycles. The van der Waals surface area contributed by atoms with Gasteiger partial charge in [0.05, 0.1) is 17.8 Å². The number of rotatable bonds is 3. The summed E-state index contributed by atoms with van der Waals surface area (Å²) in [5, 5.41) is 10.4. The van der Waals surface area contributed by atoms with Gasteiger partial charge in [0.15, 0.2) is 0 Å². The Hall–Kier alpha value is -2.37. The Kier molecular flexibility index (Phi) is 4.79. The van der Waals surface area contributed by atoms with Crippen LogP contribution in [0.1, 0.15) is 45.7 Å². The fourth-order valence-electron chi connectivity index (χ4n) is 3.19. The minimum absolute atomic E-state index is 0.254. The van der Waals surface area contributed by atoms with Gasteiger partial charge in [0, 0.05) is 30.2 Å². The lowest BCUT2D eigenvalue weighted by Gasteiger charge is -2.32. The normalized spacial score (nSPS) is 15.4. The van der Waals surface area contributed by atoms with Crippen molar-refractivity contribution in [1.82, 2.24) is 14.9 Å². The van der Waals surface area contributed by atoms with Gasteiger partial charge in [-0.05, 0) is 58.2 Å². The average Bonchev–Trinajstić information content (AvgIpc) is 2.58. The van der Waals surface area contributed by atoms with E-state index >= 15 is 0 Å². The van der Waals surface area contributed by atoms with Crippen molar-refractivity contribution in [2.75, 3.05) is 18.0 Å². The van der Waals surface area contributed by atoms with Gasteiger partial charge in [-0.3, -0.25) is 9.88 Å². The van der Waals surface area contributed by atoms with E-state index in [1.165, 1.54) is 24.2 Å². The Morgan fingerprint density at radius 2 is 1.96 bits per heavy atom. The molecule has 3 rings (SSSR count). The summed E-state index contributed by atoms with van der Waals surface area (Å²) in [6.45, 7) is 8.00. The zero-order valence-corrected chi connectivity index (χ0v) is 15.2. The fourth-order valence-corrected chi connectivity index (χ4v) is 3.19. The smallest absolute Gasteiger partial charge is 0.408 e. The Morgan fingerprint density at radius 1 is 1.24 bits per heavy atom. The van der Waals surface area contributed by atoms with Crippen LogP contribution < -0.4 is 4.90 Å². The number of piperidine rings is 1. The van der Waals surface area contributed by atoms with E-state index in [-0.39, 0.29) is 6.54 Å². The molecule has 134 valence electrons. The maximum absolute atomic E-state index is 11.6. The SMILES string of the molecule is CC(C)(C)N(Cc1cc2nc(N3CCCCC3)ccc2cn1)C(=O)O. The number of hydrogen-bond acceptors (Lipinski definition) is 4. The molecule has 2 aromatic rings. The van der Waals surface area contributed by atoms with Crippen LogP contribution in [0.2, 0.25) is 0 Å². The third-order valence-corrected chi connectivity index (χ3v) is 4.66. The lowest BCUT2D eigenvalue weighted by atomic mass is 10.1. The van der Waals surface area contributed by atoms with Crippen LogP contribution in [0.15, 0.2) is 24.4 Å². The van der Waals surface area contributed by atoms with Gasteiger partial charge >= 0.3 is 6.09 Å². The second-order valence-corrected chi connectivity index (χ2v) is 7.63. The van der Waals surface area contributed by atoms with E-state index in [9.17, 15) is 9.90 Å². The van der Waals surface area contributed by atoms with Crippen molar-refractivity contribution in [3.8, 4) is 0 Å². The molecule has 1 fully saturated rings. The van der Waals surface area contributed by atoms with Gasteiger partial charge < -0.3 is 10.0 Å². The van der Waals surface area contributed by atoms with Crippen LogP contribution in [0.3, 0.4) is 0 Å². The molecule has 0 aliphatic carbocycles. The van der Waals surface area contributed by atoms with E-state index in [0.717, 1.165) is 29.8 Å². The van der Waals surface area contributed by atoms with Crippen molar-refractivity contribution in [3.05, 3.63) is 30.1 Å². The lowest BCUT2D eigenvalue weighted by Crippen LogP contribution is -2.44. The largest absolute Gasteiger partial charge is 0.465 e. The maximum atomic E-state index is 11.6. The van der Waals surface area contributed by atoms with Crippen molar-refractivity contribution in [2.24, 2.45) is 0 Å². The summed E-state index contributed by atoms with van der Waals surface area (Å²) in [6.07, 6.45) is 4.54. The van der Waals surface area contributed by atoms with Crippen LogP contribution in [-0.4, -0.2) is 44.7 Å². The summed E-state index contributed by atoms with van der Waals surface area (Å²) in [7, 11) is 0. The van der Waals surface area contributed by atoms with Gasteiger partial charge in [0.1, 0.15) is 5.82 Å². The molecule has 6 nitrogen and oxygen atoms in total. The van der Waals surface area contributed by atoms with Gasteiger partial charge in [-0.25, -0.2) is 9.78 Å². The highest BCUT2D eigenvalue weighted by molar-refractivity contribution is 5.80. The molecule has 1 amide bonds. The molecule has 25 heavy (non-hydrogen) atoms. The topological polar surface area (TPSA) is 69.6 Å². The first kappa shape index (κ1) is 17.5. The molecule has 1 N–H and O–H groups in total. The van der Waals surface area contributed by atoms with Crippen molar-refractivity contribution in [1.29, 1.82) is 0 Å². The number of carboxylic acid groups (broad SMARTS) is 1. The van der Waals surface area contributed by atoms with E-state index in [2.05, 4.69) is 9.88 Å². The highest BCUT2D eigenvalue weighted by Crippen LogP contribution is 2.23. The highest BCUT2D eigenvalue weighted by atomic mass is 16.4. The standard InChI is InChI=1S/C19H26N4O2/c1-19(2,3)23(18(24)25)13-15-11-16-14(12-20-15)7-8-17(21-16)22-9-5-4-6-10-22/h7-8,11-12H,4-6,9-10,13H2,1-3H3,(H,24,25). The minimum atomic E-state index is -0.940. The van der Waals surface area contributed by atoms with E-state index in [1.807, 2.05) is 39.0 Å². The first-order chi connectivity index (χ1) is 11.8. The number of fused-ring (bicyclic) bond motifs is 1. The molecule has 3 heterocycles. The summed E-state index contributed by atoms with van der Waals surface area (Å²) < 4.78 is 0. The van der Waals surface area contributed by atoms with Crippen molar-refractivity contribution in [2.45, 2.75) is 52.1 Å². The highest BCUT2D eigenvalue weighted by Gasteiger charge is 2.26. The third-order valence-electron chi connectivity index (χ3n) is 4.66. The zero-order chi connectivity index (χ0) is 18.0. The predicted molar refractivity (Wildman–Crippen MR) is 98.9 cm³/mol. The molecule has 0 radical (unpaired) electrons. The van der Waals surface area contributed by atoms with Crippen LogP contribution in [0, 0.1) is 0 Å². The molecule has 1 aliphatic heterocycles. The van der Waals surface area contributed by atoms with Gasteiger partial charge in [0.25, 0.3) is 0 Å². The van der Waals surface area contributed by atoms with Gasteiger partial charge in [0.2, 0.25) is 0 Å². The van der Waals surface area contributed by atoms with Crippen molar-refractivity contribution < 1.29 is 9.90 Å². The quantitative estimate of drug-likeness (QED) is 0.916. The molecule has 6 heteroatoms. The molecule has 0 aromatic carbocycles. The van der Waals surface area contributed by atoms with Gasteiger partial charge in [-0.1, -0.05) is 0 Å². The van der Waals surface area contributed by atoms with E-state index in [4.69, 9.17) is 4.98 Å². The monoisotopic (exact) mass is 342 g/mol. The molecule has 0 bridgehead atoms. The number of pyridine rings is 2. The number of aromatic nitrogens is 2. The Morgan fingerprint density at radius 3 is 2.60 bits per heavy atom. The van der Waals surface area contributed by atoms with Gasteiger partial charge in [-0.2, -0.15) is 0 Å². The van der Waals surface area contributed by atoms with Gasteiger partial charge in [-0.15, -0.1) is 0 Å². The Labute approximate surface area is 148 Å². The van der Waals surface area contributed by atoms with Crippen molar-refractivity contribution >= 4 is 22.8 Å². The number of hydrogen-bond donors (Lipinski definition) is 1. The first-order valence-electron chi connectivity index (χ1n) is 8.86. The minimum Gasteiger partial charge on any atom is -0.465 e. The number of carbonyl (C=O) groups is 1. The molecule has 1 aliphatic rings. The Balaban J connectivity index is 1.88. The summed E-state index contributed by atoms with van der Waals surface area (Å²) in [4.78, 5) is 24.5. The van der Waals surface area contributed by atoms with E-state index in [1.54, 1.807) is 6.20 Å². The molecule has 0 atom stereocenters. The van der Waals surface area contributed by atoms with Crippen LogP contribution in [-0.2, 0) is 6.54 Å². The summed E-state index contributed by atoms with van der Waals surface area (Å²) in [5.74, 6) is 0.996. The average molecular weight is 342 g/mol. The number of nitrogens with zero attached hydrogens (tertiary/aromatic N) is 4. The lowest BCUT2D eigenvalue weighted by molar-refractivity contribution is 0.0947. The second-order valence-electron chi connectivity index (χ2n) is 7.63. The first-order valence-corrected chi connectivity index (χ1v) is 8.86. The number of amides is 1. The maximum Gasteiger partial charge on any atom is 0.408 e. The molecule has 0 unspecified atom stereocenters. The summed E-state index contributed by atoms with van der Waals surface area (Å²) in [6, 6.07) is 6.00. The summed E-state index contributed by atoms with van der Waals surface area (Å²) >= 11 is 0. The number of anilines is 1. The zero-order valence-electron chi connectivity index (χ0n) is 15.2. The molecule has 1 saturated heterocycles.